The van der Waals surface area contributed by atoms with Gasteiger partial charge in [-0.2, -0.15) is 0 Å². The third kappa shape index (κ3) is 6.57. The van der Waals surface area contributed by atoms with Gasteiger partial charge in [0.2, 0.25) is 0 Å². The number of rotatable bonds is 7. The highest BCUT2D eigenvalue weighted by Gasteiger charge is 2.24. The van der Waals surface area contributed by atoms with Gasteiger partial charge in [0.25, 0.3) is 0 Å². The molecule has 9 aromatic carbocycles. The van der Waals surface area contributed by atoms with E-state index in [1.54, 1.807) is 0 Å². The van der Waals surface area contributed by atoms with E-state index in [4.69, 9.17) is 9.97 Å². The third-order valence-corrected chi connectivity index (χ3v) is 11.7. The maximum atomic E-state index is 9.87. The molecule has 0 unspecified atom stereocenters. The first-order chi connectivity index (χ1) is 30.2. The molecule has 0 radical (unpaired) electrons. The van der Waals surface area contributed by atoms with Crippen molar-refractivity contribution in [3.8, 4) is 33.9 Å². The van der Waals surface area contributed by atoms with Crippen LogP contribution in [0.4, 0.5) is 0 Å². The summed E-state index contributed by atoms with van der Waals surface area (Å²) in [6.07, 6.45) is 2.19. The quantitative estimate of drug-likeness (QED) is 0.125. The minimum atomic E-state index is 0.425. The average molecular weight is 779 g/mol. The van der Waals surface area contributed by atoms with Gasteiger partial charge in [-0.1, -0.05) is 200 Å². The zero-order chi connectivity index (χ0) is 40.7. The topological polar surface area (TPSA) is 61.7 Å². The Labute approximate surface area is 354 Å². The van der Waals surface area contributed by atoms with Crippen molar-refractivity contribution in [2.45, 2.75) is 0 Å². The van der Waals surface area contributed by atoms with E-state index in [9.17, 15) is 5.41 Å². The van der Waals surface area contributed by atoms with E-state index < -0.39 is 0 Å². The van der Waals surface area contributed by atoms with Gasteiger partial charge in [0.1, 0.15) is 0 Å². The minimum absolute atomic E-state index is 0.425. The number of hydrogen-bond acceptors (Lipinski definition) is 4. The summed E-state index contributed by atoms with van der Waals surface area (Å²) in [6, 6.07) is 73.5. The van der Waals surface area contributed by atoms with Crippen LogP contribution in [0.25, 0.3) is 89.3 Å². The van der Waals surface area contributed by atoms with Crippen LogP contribution in [0, 0.1) is 5.41 Å². The van der Waals surface area contributed by atoms with Crippen molar-refractivity contribution in [1.29, 1.82) is 5.41 Å². The van der Waals surface area contributed by atoms with Crippen LogP contribution in [-0.2, 0) is 0 Å². The molecule has 2 N–H and O–H groups in total. The van der Waals surface area contributed by atoms with Gasteiger partial charge < -0.3 is 5.32 Å². The summed E-state index contributed by atoms with van der Waals surface area (Å²) < 4.78 is 0. The van der Waals surface area contributed by atoms with Crippen LogP contribution >= 0.6 is 0 Å². The van der Waals surface area contributed by atoms with E-state index in [1.165, 1.54) is 32.3 Å². The Morgan fingerprint density at radius 3 is 1.52 bits per heavy atom. The summed E-state index contributed by atoms with van der Waals surface area (Å²) >= 11 is 0. The zero-order valence-electron chi connectivity index (χ0n) is 33.2. The fourth-order valence-electron chi connectivity index (χ4n) is 8.71. The van der Waals surface area contributed by atoms with E-state index in [1.807, 2.05) is 54.6 Å². The highest BCUT2D eigenvalue weighted by Crippen LogP contribution is 2.39. The Morgan fingerprint density at radius 1 is 0.393 bits per heavy atom. The summed E-state index contributed by atoms with van der Waals surface area (Å²) in [5.41, 5.74) is 12.7. The van der Waals surface area contributed by atoms with Crippen molar-refractivity contribution in [3.05, 3.63) is 240 Å². The van der Waals surface area contributed by atoms with Crippen LogP contribution in [-0.4, -0.2) is 15.7 Å². The Balaban J connectivity index is 1.02. The number of fused-ring (bicyclic) bond motifs is 7. The molecule has 61 heavy (non-hydrogen) atoms. The van der Waals surface area contributed by atoms with Crippen molar-refractivity contribution in [3.63, 3.8) is 0 Å². The SMILES string of the molecule is N=C(/C(=C1\NC(c2ccccc2)=Cc2ccccc21)c1ccccc1)c1ccc(-c2cc(-c3ccccc3)nc(-c3ccc4c5ccccc5c5ccccc5c4c3)n2)cc1. The van der Waals surface area contributed by atoms with Crippen LogP contribution in [0.3, 0.4) is 0 Å². The molecule has 11 rings (SSSR count). The van der Waals surface area contributed by atoms with Gasteiger partial charge in [0.15, 0.2) is 5.82 Å². The van der Waals surface area contributed by atoms with Crippen LogP contribution in [0.5, 0.6) is 0 Å². The molecule has 286 valence electrons. The van der Waals surface area contributed by atoms with Gasteiger partial charge in [0.05, 0.1) is 22.8 Å². The van der Waals surface area contributed by atoms with E-state index in [0.29, 0.717) is 11.5 Å². The molecule has 0 amide bonds. The zero-order valence-corrected chi connectivity index (χ0v) is 33.2. The minimum Gasteiger partial charge on any atom is -0.354 e. The molecular weight excluding hydrogens is 741 g/mol. The van der Waals surface area contributed by atoms with E-state index >= 15 is 0 Å². The number of hydrogen-bond donors (Lipinski definition) is 2. The molecule has 1 aliphatic rings. The van der Waals surface area contributed by atoms with Crippen LogP contribution < -0.4 is 5.32 Å². The Kier molecular flexibility index (Phi) is 8.94. The Bertz CT molecular complexity index is 3330. The molecule has 4 nitrogen and oxygen atoms in total. The van der Waals surface area contributed by atoms with Crippen molar-refractivity contribution in [2.75, 3.05) is 0 Å². The second kappa shape index (κ2) is 15.2. The molecule has 4 heteroatoms. The number of benzene rings is 9. The predicted molar refractivity (Wildman–Crippen MR) is 255 cm³/mol. The molecule has 0 spiro atoms. The largest absolute Gasteiger partial charge is 0.354 e. The van der Waals surface area contributed by atoms with Crippen molar-refractivity contribution >= 4 is 61.1 Å². The molecule has 0 saturated carbocycles. The maximum Gasteiger partial charge on any atom is 0.160 e. The number of allylic oxidation sites excluding steroid dienone is 1. The molecular formula is C57H38N4. The highest BCUT2D eigenvalue weighted by atomic mass is 14.9. The number of nitrogens with one attached hydrogen (secondary N) is 2. The molecule has 0 saturated heterocycles. The monoisotopic (exact) mass is 778 g/mol. The summed E-state index contributed by atoms with van der Waals surface area (Å²) in [7, 11) is 0. The Hall–Kier alpha value is -8.21. The standard InChI is InChI=1S/C57H38N4/c58-55(54(40-20-8-3-9-21-40)56-44-23-11-10-22-42(44)35-51(59-56)37-16-4-1-5-17-37)41-30-28-39(29-31-41)53-36-52(38-18-6-2-7-19-38)60-57(61-53)43-32-33-49-47-26-13-12-24-45(47)46-25-14-15-27-48(46)50(49)34-43/h1-36,58-59H/b56-54-,58-55?. The molecule has 1 aromatic heterocycles. The highest BCUT2D eigenvalue weighted by molar-refractivity contribution is 6.36. The summed E-state index contributed by atoms with van der Waals surface area (Å²) in [5, 5.41) is 20.9. The van der Waals surface area contributed by atoms with Gasteiger partial charge in [-0.3, -0.25) is 5.41 Å². The first-order valence-corrected chi connectivity index (χ1v) is 20.6. The lowest BCUT2D eigenvalue weighted by Crippen LogP contribution is -2.20. The third-order valence-electron chi connectivity index (χ3n) is 11.7. The average Bonchev–Trinajstić information content (AvgIpc) is 3.34. The number of nitrogens with zero attached hydrogens (tertiary/aromatic N) is 2. The van der Waals surface area contributed by atoms with Gasteiger partial charge in [-0.15, -0.1) is 0 Å². The van der Waals surface area contributed by atoms with Crippen LogP contribution in [0.1, 0.15) is 27.8 Å². The fraction of sp³-hybridized carbons (Fsp3) is 0. The van der Waals surface area contributed by atoms with Gasteiger partial charge in [-0.25, -0.2) is 9.97 Å². The fourth-order valence-corrected chi connectivity index (χ4v) is 8.71. The van der Waals surface area contributed by atoms with Gasteiger partial charge in [-0.05, 0) is 67.2 Å². The van der Waals surface area contributed by atoms with Crippen molar-refractivity contribution in [2.24, 2.45) is 0 Å². The van der Waals surface area contributed by atoms with Crippen LogP contribution in [0.2, 0.25) is 0 Å². The molecule has 10 aromatic rings. The predicted octanol–water partition coefficient (Wildman–Crippen LogP) is 14.0. The summed E-state index contributed by atoms with van der Waals surface area (Å²) in [4.78, 5) is 10.4. The van der Waals surface area contributed by atoms with E-state index in [0.717, 1.165) is 72.9 Å². The second-order valence-electron chi connectivity index (χ2n) is 15.4. The second-order valence-corrected chi connectivity index (χ2v) is 15.4. The van der Waals surface area contributed by atoms with Crippen molar-refractivity contribution in [1.82, 2.24) is 15.3 Å². The van der Waals surface area contributed by atoms with Gasteiger partial charge in [0, 0.05) is 39.1 Å². The molecule has 2 heterocycles. The lowest BCUT2D eigenvalue weighted by molar-refractivity contribution is 1.18. The lowest BCUT2D eigenvalue weighted by atomic mass is 9.88. The van der Waals surface area contributed by atoms with Crippen LogP contribution in [0.15, 0.2) is 212 Å². The lowest BCUT2D eigenvalue weighted by Gasteiger charge is -2.26. The first-order valence-electron chi connectivity index (χ1n) is 20.6. The smallest absolute Gasteiger partial charge is 0.160 e. The molecule has 0 atom stereocenters. The normalized spacial score (nSPS) is 13.1. The summed E-state index contributed by atoms with van der Waals surface area (Å²) in [5.74, 6) is 0.660. The van der Waals surface area contributed by atoms with E-state index in [-0.39, 0.29) is 0 Å². The molecule has 0 fully saturated rings. The molecule has 0 aliphatic carbocycles. The van der Waals surface area contributed by atoms with E-state index in [2.05, 4.69) is 169 Å². The number of aromatic nitrogens is 2. The maximum absolute atomic E-state index is 9.87. The summed E-state index contributed by atoms with van der Waals surface area (Å²) in [6.45, 7) is 0. The molecule has 0 bridgehead atoms. The molecule has 1 aliphatic heterocycles. The Morgan fingerprint density at radius 2 is 0.885 bits per heavy atom. The van der Waals surface area contributed by atoms with Gasteiger partial charge >= 0.3 is 0 Å². The first kappa shape index (κ1) is 35.9. The van der Waals surface area contributed by atoms with Crippen molar-refractivity contribution < 1.29 is 0 Å².